The van der Waals surface area contributed by atoms with E-state index in [4.69, 9.17) is 4.74 Å². The van der Waals surface area contributed by atoms with Crippen LogP contribution in [0.2, 0.25) is 0 Å². The van der Waals surface area contributed by atoms with Crippen LogP contribution in [0.15, 0.2) is 24.3 Å². The maximum atomic E-state index is 12.6. The number of hydrogen-bond donors (Lipinski definition) is 1. The van der Waals surface area contributed by atoms with Gasteiger partial charge in [-0.25, -0.2) is 4.39 Å². The first-order chi connectivity index (χ1) is 7.83. The molecule has 3 heteroatoms. The van der Waals surface area contributed by atoms with Crippen molar-refractivity contribution in [1.29, 1.82) is 0 Å². The Morgan fingerprint density at radius 3 is 2.56 bits per heavy atom. The quantitative estimate of drug-likeness (QED) is 0.686. The predicted octanol–water partition coefficient (Wildman–Crippen LogP) is 2.38. The molecule has 16 heavy (non-hydrogen) atoms. The molecule has 1 aromatic rings. The first-order valence-electron chi connectivity index (χ1n) is 5.86. The van der Waals surface area contributed by atoms with Gasteiger partial charge in [-0.2, -0.15) is 0 Å². The molecule has 0 fully saturated rings. The van der Waals surface area contributed by atoms with E-state index in [0.29, 0.717) is 6.61 Å². The van der Waals surface area contributed by atoms with Crippen molar-refractivity contribution >= 4 is 0 Å². The lowest BCUT2D eigenvalue weighted by Gasteiger charge is -2.05. The van der Waals surface area contributed by atoms with Gasteiger partial charge in [-0.15, -0.1) is 0 Å². The van der Waals surface area contributed by atoms with Gasteiger partial charge in [0.05, 0.1) is 13.2 Å². The zero-order valence-corrected chi connectivity index (χ0v) is 9.84. The Morgan fingerprint density at radius 1 is 1.12 bits per heavy atom. The number of benzene rings is 1. The van der Waals surface area contributed by atoms with E-state index in [1.807, 2.05) is 0 Å². The van der Waals surface area contributed by atoms with Gasteiger partial charge >= 0.3 is 0 Å². The first kappa shape index (κ1) is 13.1. The monoisotopic (exact) mass is 225 g/mol. The average molecular weight is 225 g/mol. The Kier molecular flexibility index (Phi) is 6.77. The fourth-order valence-electron chi connectivity index (χ4n) is 1.39. The van der Waals surface area contributed by atoms with Gasteiger partial charge in [0.25, 0.3) is 0 Å². The van der Waals surface area contributed by atoms with E-state index in [1.165, 1.54) is 12.1 Å². The summed E-state index contributed by atoms with van der Waals surface area (Å²) in [7, 11) is 0. The van der Waals surface area contributed by atoms with Crippen molar-refractivity contribution in [2.45, 2.75) is 19.8 Å². The third-order valence-electron chi connectivity index (χ3n) is 2.30. The topological polar surface area (TPSA) is 21.3 Å². The summed E-state index contributed by atoms with van der Waals surface area (Å²) in [5.41, 5.74) is 1.11. The zero-order valence-electron chi connectivity index (χ0n) is 9.84. The Bertz CT molecular complexity index is 274. The lowest BCUT2D eigenvalue weighted by Crippen LogP contribution is -2.20. The summed E-state index contributed by atoms with van der Waals surface area (Å²) in [6, 6.07) is 6.57. The molecule has 0 heterocycles. The van der Waals surface area contributed by atoms with Crippen LogP contribution in [0.5, 0.6) is 0 Å². The molecule has 0 bridgehead atoms. The van der Waals surface area contributed by atoms with Gasteiger partial charge in [0, 0.05) is 6.54 Å². The van der Waals surface area contributed by atoms with Crippen molar-refractivity contribution in [3.63, 3.8) is 0 Å². The maximum absolute atomic E-state index is 12.6. The molecule has 1 rings (SSSR count). The van der Waals surface area contributed by atoms with Gasteiger partial charge in [0.1, 0.15) is 5.82 Å². The lowest BCUT2D eigenvalue weighted by molar-refractivity contribution is 0.139. The van der Waals surface area contributed by atoms with E-state index in [9.17, 15) is 4.39 Å². The molecule has 1 N–H and O–H groups in total. The largest absolute Gasteiger partial charge is 0.380 e. The number of rotatable bonds is 8. The zero-order chi connectivity index (χ0) is 11.6. The predicted molar refractivity (Wildman–Crippen MR) is 64.1 cm³/mol. The van der Waals surface area contributed by atoms with Gasteiger partial charge in [0.15, 0.2) is 0 Å². The van der Waals surface area contributed by atoms with Crippen molar-refractivity contribution < 1.29 is 9.13 Å². The molecule has 0 amide bonds. The molecule has 0 radical (unpaired) electrons. The van der Waals surface area contributed by atoms with E-state index < -0.39 is 0 Å². The summed E-state index contributed by atoms with van der Waals surface area (Å²) in [5, 5.41) is 3.27. The third-order valence-corrected chi connectivity index (χ3v) is 2.30. The minimum absolute atomic E-state index is 0.187. The van der Waals surface area contributed by atoms with E-state index in [1.54, 1.807) is 12.1 Å². The highest BCUT2D eigenvalue weighted by Crippen LogP contribution is 2.03. The highest BCUT2D eigenvalue weighted by molar-refractivity contribution is 5.15. The van der Waals surface area contributed by atoms with E-state index in [0.717, 1.165) is 38.1 Å². The highest BCUT2D eigenvalue weighted by atomic mass is 19.1. The summed E-state index contributed by atoms with van der Waals surface area (Å²) in [6.45, 7) is 5.52. The van der Waals surface area contributed by atoms with Crippen molar-refractivity contribution in [2.75, 3.05) is 26.3 Å². The molecule has 0 aliphatic rings. The molecule has 0 saturated carbocycles. The number of ether oxygens (including phenoxy) is 1. The molecule has 90 valence electrons. The summed E-state index contributed by atoms with van der Waals surface area (Å²) in [4.78, 5) is 0. The second-order valence-corrected chi connectivity index (χ2v) is 3.74. The average Bonchev–Trinajstić information content (AvgIpc) is 2.30. The maximum Gasteiger partial charge on any atom is 0.123 e. The van der Waals surface area contributed by atoms with Gasteiger partial charge in [0.2, 0.25) is 0 Å². The van der Waals surface area contributed by atoms with Crippen LogP contribution in [-0.4, -0.2) is 26.3 Å². The second kappa shape index (κ2) is 8.25. The van der Waals surface area contributed by atoms with E-state index in [2.05, 4.69) is 12.2 Å². The van der Waals surface area contributed by atoms with Crippen LogP contribution >= 0.6 is 0 Å². The SMILES string of the molecule is CCCNCCOCCc1ccc(F)cc1. The highest BCUT2D eigenvalue weighted by Gasteiger charge is 1.94. The van der Waals surface area contributed by atoms with Crippen LogP contribution in [0.4, 0.5) is 4.39 Å². The smallest absolute Gasteiger partial charge is 0.123 e. The van der Waals surface area contributed by atoms with Crippen LogP contribution in [0, 0.1) is 5.82 Å². The molecule has 0 aliphatic carbocycles. The van der Waals surface area contributed by atoms with Crippen LogP contribution in [0.3, 0.4) is 0 Å². The molecule has 0 saturated heterocycles. The Labute approximate surface area is 96.8 Å². The number of halogens is 1. The summed E-state index contributed by atoms with van der Waals surface area (Å²) >= 11 is 0. The normalized spacial score (nSPS) is 10.6. The fraction of sp³-hybridized carbons (Fsp3) is 0.538. The van der Waals surface area contributed by atoms with Crippen molar-refractivity contribution in [3.8, 4) is 0 Å². The Morgan fingerprint density at radius 2 is 1.88 bits per heavy atom. The molecule has 0 atom stereocenters. The van der Waals surface area contributed by atoms with Crippen LogP contribution < -0.4 is 5.32 Å². The molecular formula is C13H20FNO. The molecule has 1 aromatic carbocycles. The molecule has 0 spiro atoms. The summed E-state index contributed by atoms with van der Waals surface area (Å²) in [5.74, 6) is -0.187. The summed E-state index contributed by atoms with van der Waals surface area (Å²) in [6.07, 6.45) is 1.99. The van der Waals surface area contributed by atoms with E-state index in [-0.39, 0.29) is 5.82 Å². The Balaban J connectivity index is 2.01. The minimum atomic E-state index is -0.187. The number of nitrogens with one attached hydrogen (secondary N) is 1. The first-order valence-corrected chi connectivity index (χ1v) is 5.86. The molecule has 0 aromatic heterocycles. The van der Waals surface area contributed by atoms with Crippen molar-refractivity contribution in [1.82, 2.24) is 5.32 Å². The lowest BCUT2D eigenvalue weighted by atomic mass is 10.2. The van der Waals surface area contributed by atoms with Gasteiger partial charge < -0.3 is 10.1 Å². The van der Waals surface area contributed by atoms with Gasteiger partial charge in [-0.05, 0) is 37.1 Å². The summed E-state index contributed by atoms with van der Waals surface area (Å²) < 4.78 is 18.1. The van der Waals surface area contributed by atoms with Gasteiger partial charge in [-0.3, -0.25) is 0 Å². The Hall–Kier alpha value is -0.930. The number of hydrogen-bond acceptors (Lipinski definition) is 2. The van der Waals surface area contributed by atoms with Crippen LogP contribution in [0.1, 0.15) is 18.9 Å². The second-order valence-electron chi connectivity index (χ2n) is 3.74. The third kappa shape index (κ3) is 5.83. The molecule has 0 aliphatic heterocycles. The van der Waals surface area contributed by atoms with E-state index >= 15 is 0 Å². The standard InChI is InChI=1S/C13H20FNO/c1-2-8-15-9-11-16-10-7-12-3-5-13(14)6-4-12/h3-6,15H,2,7-11H2,1H3. The van der Waals surface area contributed by atoms with Gasteiger partial charge in [-0.1, -0.05) is 19.1 Å². The minimum Gasteiger partial charge on any atom is -0.380 e. The van der Waals surface area contributed by atoms with Crippen molar-refractivity contribution in [3.05, 3.63) is 35.6 Å². The molecular weight excluding hydrogens is 205 g/mol. The van der Waals surface area contributed by atoms with Crippen LogP contribution in [-0.2, 0) is 11.2 Å². The van der Waals surface area contributed by atoms with Crippen LogP contribution in [0.25, 0.3) is 0 Å². The molecule has 0 unspecified atom stereocenters. The molecule has 2 nitrogen and oxygen atoms in total. The van der Waals surface area contributed by atoms with Crippen molar-refractivity contribution in [2.24, 2.45) is 0 Å². The fourth-order valence-corrected chi connectivity index (χ4v) is 1.39.